The third-order valence-corrected chi connectivity index (χ3v) is 3.67. The summed E-state index contributed by atoms with van der Waals surface area (Å²) in [6.07, 6.45) is 2.46. The predicted octanol–water partition coefficient (Wildman–Crippen LogP) is 0.381. The van der Waals surface area contributed by atoms with E-state index in [1.807, 2.05) is 0 Å². The lowest BCUT2D eigenvalue weighted by atomic mass is 10.1. The van der Waals surface area contributed by atoms with Crippen LogP contribution in [-0.2, 0) is 4.74 Å². The minimum atomic E-state index is 0.786. The fourth-order valence-corrected chi connectivity index (χ4v) is 2.80. The van der Waals surface area contributed by atoms with Crippen LogP contribution in [0.5, 0.6) is 0 Å². The van der Waals surface area contributed by atoms with E-state index in [0.717, 1.165) is 32.3 Å². The van der Waals surface area contributed by atoms with Crippen LogP contribution in [0.25, 0.3) is 0 Å². The van der Waals surface area contributed by atoms with Gasteiger partial charge in [0.05, 0.1) is 0 Å². The van der Waals surface area contributed by atoms with E-state index in [-0.39, 0.29) is 0 Å². The summed E-state index contributed by atoms with van der Waals surface area (Å²) < 4.78 is 5.40. The zero-order valence-corrected chi connectivity index (χ0v) is 8.59. The van der Waals surface area contributed by atoms with Gasteiger partial charge < -0.3 is 10.1 Å². The van der Waals surface area contributed by atoms with Crippen molar-refractivity contribution in [3.63, 3.8) is 0 Å². The van der Waals surface area contributed by atoms with Crippen molar-refractivity contribution >= 4 is 0 Å². The van der Waals surface area contributed by atoms with E-state index in [2.05, 4.69) is 10.2 Å². The van der Waals surface area contributed by atoms with Crippen LogP contribution in [0.1, 0.15) is 12.8 Å². The molecule has 3 heteroatoms. The Balaban J connectivity index is 1.61. The van der Waals surface area contributed by atoms with Crippen molar-refractivity contribution in [1.82, 2.24) is 10.2 Å². The average Bonchev–Trinajstić information content (AvgIpc) is 2.78. The second kappa shape index (κ2) is 3.65. The van der Waals surface area contributed by atoms with E-state index < -0.39 is 0 Å². The molecule has 3 nitrogen and oxygen atoms in total. The summed E-state index contributed by atoms with van der Waals surface area (Å²) in [6, 6.07) is 0.786. The summed E-state index contributed by atoms with van der Waals surface area (Å²) in [7, 11) is 0. The molecule has 1 N–H and O–H groups in total. The first-order chi connectivity index (χ1) is 6.93. The number of nitrogens with zero attached hydrogens (tertiary/aromatic N) is 1. The largest absolute Gasteiger partial charge is 0.381 e. The lowest BCUT2D eigenvalue weighted by molar-refractivity contribution is 0.0428. The van der Waals surface area contributed by atoms with Gasteiger partial charge in [-0.15, -0.1) is 0 Å². The summed E-state index contributed by atoms with van der Waals surface area (Å²) in [6.45, 7) is 6.62. The molecule has 0 aromatic carbocycles. The number of hydrogen-bond acceptors (Lipinski definition) is 3. The highest BCUT2D eigenvalue weighted by atomic mass is 16.5. The molecule has 0 saturated carbocycles. The van der Waals surface area contributed by atoms with Gasteiger partial charge in [-0.25, -0.2) is 0 Å². The molecule has 0 amide bonds. The van der Waals surface area contributed by atoms with E-state index >= 15 is 0 Å². The molecular formula is C11H18N2O. The second-order valence-electron chi connectivity index (χ2n) is 4.56. The van der Waals surface area contributed by atoms with Crippen LogP contribution < -0.4 is 5.32 Å². The van der Waals surface area contributed by atoms with Gasteiger partial charge in [-0.1, -0.05) is 0 Å². The summed E-state index contributed by atoms with van der Waals surface area (Å²) in [5.41, 5.74) is 3.33. The van der Waals surface area contributed by atoms with Crippen LogP contribution >= 0.6 is 0 Å². The van der Waals surface area contributed by atoms with Crippen LogP contribution in [0.2, 0.25) is 0 Å². The summed E-state index contributed by atoms with van der Waals surface area (Å²) in [5, 5.41) is 3.42. The predicted molar refractivity (Wildman–Crippen MR) is 55.3 cm³/mol. The van der Waals surface area contributed by atoms with Gasteiger partial charge in [-0.2, -0.15) is 0 Å². The van der Waals surface area contributed by atoms with Crippen molar-refractivity contribution in [3.05, 3.63) is 11.1 Å². The van der Waals surface area contributed by atoms with Gasteiger partial charge in [0.25, 0.3) is 0 Å². The fraction of sp³-hybridized carbons (Fsp3) is 0.818. The Morgan fingerprint density at radius 2 is 1.71 bits per heavy atom. The monoisotopic (exact) mass is 194 g/mol. The zero-order chi connectivity index (χ0) is 9.38. The van der Waals surface area contributed by atoms with Gasteiger partial charge in [0, 0.05) is 45.4 Å². The molecule has 3 aliphatic rings. The van der Waals surface area contributed by atoms with Crippen LogP contribution in [0, 0.1) is 0 Å². The Bertz CT molecular complexity index is 240. The Labute approximate surface area is 85.1 Å². The zero-order valence-electron chi connectivity index (χ0n) is 8.59. The van der Waals surface area contributed by atoms with Gasteiger partial charge in [-0.3, -0.25) is 4.90 Å². The van der Waals surface area contributed by atoms with Crippen LogP contribution in [-0.4, -0.2) is 50.3 Å². The number of rotatable bonds is 1. The standard InChI is InChI=1S/C11H18N2O/c1-3-14-4-2-11(1)13-7-9-5-12-6-10(9)8-13/h11-12H,1-8H2. The third kappa shape index (κ3) is 1.49. The van der Waals surface area contributed by atoms with Gasteiger partial charge in [-0.05, 0) is 24.0 Å². The van der Waals surface area contributed by atoms with Gasteiger partial charge in [0.1, 0.15) is 0 Å². The quantitative estimate of drug-likeness (QED) is 0.611. The molecule has 1 fully saturated rings. The van der Waals surface area contributed by atoms with E-state index in [0.29, 0.717) is 0 Å². The second-order valence-corrected chi connectivity index (χ2v) is 4.56. The summed E-state index contributed by atoms with van der Waals surface area (Å²) in [5.74, 6) is 0. The minimum absolute atomic E-state index is 0.786. The Kier molecular flexibility index (Phi) is 2.32. The maximum atomic E-state index is 5.40. The first-order valence-electron chi connectivity index (χ1n) is 5.66. The number of nitrogens with one attached hydrogen (secondary N) is 1. The van der Waals surface area contributed by atoms with Crippen molar-refractivity contribution in [3.8, 4) is 0 Å². The third-order valence-electron chi connectivity index (χ3n) is 3.67. The average molecular weight is 194 g/mol. The maximum Gasteiger partial charge on any atom is 0.0480 e. The molecule has 14 heavy (non-hydrogen) atoms. The van der Waals surface area contributed by atoms with Gasteiger partial charge >= 0.3 is 0 Å². The molecule has 0 aromatic rings. The van der Waals surface area contributed by atoms with Crippen molar-refractivity contribution < 1.29 is 4.74 Å². The van der Waals surface area contributed by atoms with Crippen molar-refractivity contribution in [2.75, 3.05) is 39.4 Å². The Morgan fingerprint density at radius 3 is 2.36 bits per heavy atom. The molecule has 0 unspecified atom stereocenters. The lowest BCUT2D eigenvalue weighted by Crippen LogP contribution is -2.39. The van der Waals surface area contributed by atoms with Gasteiger partial charge in [0.2, 0.25) is 0 Å². The molecule has 1 saturated heterocycles. The van der Waals surface area contributed by atoms with Crippen molar-refractivity contribution in [2.45, 2.75) is 18.9 Å². The first kappa shape index (κ1) is 8.89. The normalized spacial score (nSPS) is 30.0. The number of ether oxygens (including phenoxy) is 1. The SMILES string of the molecule is C1CC(N2CC3=C(CNC3)C2)CCO1. The van der Waals surface area contributed by atoms with E-state index in [4.69, 9.17) is 4.74 Å². The molecule has 0 atom stereocenters. The smallest absolute Gasteiger partial charge is 0.0480 e. The Hall–Kier alpha value is -0.380. The highest BCUT2D eigenvalue weighted by Crippen LogP contribution is 2.25. The Morgan fingerprint density at radius 1 is 1.07 bits per heavy atom. The topological polar surface area (TPSA) is 24.5 Å². The molecule has 3 rings (SSSR count). The molecule has 0 radical (unpaired) electrons. The molecule has 0 aliphatic carbocycles. The maximum absolute atomic E-state index is 5.40. The molecule has 3 aliphatic heterocycles. The minimum Gasteiger partial charge on any atom is -0.381 e. The van der Waals surface area contributed by atoms with Crippen LogP contribution in [0.15, 0.2) is 11.1 Å². The fourth-order valence-electron chi connectivity index (χ4n) is 2.80. The van der Waals surface area contributed by atoms with Crippen LogP contribution in [0.4, 0.5) is 0 Å². The van der Waals surface area contributed by atoms with E-state index in [1.165, 1.54) is 25.9 Å². The number of hydrogen-bond donors (Lipinski definition) is 1. The molecule has 0 aromatic heterocycles. The van der Waals surface area contributed by atoms with E-state index in [1.54, 1.807) is 11.1 Å². The summed E-state index contributed by atoms with van der Waals surface area (Å²) in [4.78, 5) is 2.65. The molecule has 0 bridgehead atoms. The first-order valence-corrected chi connectivity index (χ1v) is 5.66. The highest BCUT2D eigenvalue weighted by molar-refractivity contribution is 5.30. The van der Waals surface area contributed by atoms with E-state index in [9.17, 15) is 0 Å². The molecule has 3 heterocycles. The summed E-state index contributed by atoms with van der Waals surface area (Å²) >= 11 is 0. The van der Waals surface area contributed by atoms with Crippen molar-refractivity contribution in [1.29, 1.82) is 0 Å². The highest BCUT2D eigenvalue weighted by Gasteiger charge is 2.30. The molecular weight excluding hydrogens is 176 g/mol. The van der Waals surface area contributed by atoms with Gasteiger partial charge in [0.15, 0.2) is 0 Å². The van der Waals surface area contributed by atoms with Crippen molar-refractivity contribution in [2.24, 2.45) is 0 Å². The lowest BCUT2D eigenvalue weighted by Gasteiger charge is -2.31. The molecule has 78 valence electrons. The molecule has 0 spiro atoms. The van der Waals surface area contributed by atoms with Crippen LogP contribution in [0.3, 0.4) is 0 Å².